The van der Waals surface area contributed by atoms with Crippen LogP contribution in [-0.2, 0) is 0 Å². The van der Waals surface area contributed by atoms with Crippen LogP contribution in [0.15, 0.2) is 54.2 Å². The van der Waals surface area contributed by atoms with Crippen LogP contribution >= 0.6 is 0 Å². The maximum absolute atomic E-state index is 6.49. The molecule has 2 heterocycles. The third-order valence-corrected chi connectivity index (χ3v) is 4.61. The average molecular weight is 297 g/mol. The molecule has 1 saturated heterocycles. The molecule has 4 nitrogen and oxygen atoms in total. The van der Waals surface area contributed by atoms with Gasteiger partial charge in [-0.15, -0.1) is 0 Å². The van der Waals surface area contributed by atoms with Crippen molar-refractivity contribution in [2.24, 2.45) is 10.7 Å². The number of nitrogens with zero attached hydrogens (tertiary/aromatic N) is 2. The van der Waals surface area contributed by atoms with Crippen LogP contribution < -0.4 is 10.5 Å². The zero-order valence-corrected chi connectivity index (χ0v) is 13.0. The van der Waals surface area contributed by atoms with Crippen LogP contribution in [0.5, 0.6) is 5.75 Å². The molecule has 1 aromatic carbocycles. The summed E-state index contributed by atoms with van der Waals surface area (Å²) in [6.07, 6.45) is 7.41. The van der Waals surface area contributed by atoms with Gasteiger partial charge >= 0.3 is 0 Å². The van der Waals surface area contributed by atoms with Crippen molar-refractivity contribution in [2.45, 2.75) is 31.4 Å². The highest BCUT2D eigenvalue weighted by Gasteiger charge is 2.48. The first-order chi connectivity index (χ1) is 10.7. The highest BCUT2D eigenvalue weighted by molar-refractivity contribution is 5.93. The Labute approximate surface area is 132 Å². The lowest BCUT2D eigenvalue weighted by Gasteiger charge is -2.41. The molecular formula is C18H23N3O. The predicted molar refractivity (Wildman–Crippen MR) is 90.0 cm³/mol. The van der Waals surface area contributed by atoms with E-state index in [1.165, 1.54) is 0 Å². The summed E-state index contributed by atoms with van der Waals surface area (Å²) in [5.74, 6) is 1.90. The quantitative estimate of drug-likeness (QED) is 0.674. The van der Waals surface area contributed by atoms with Gasteiger partial charge in [0.1, 0.15) is 17.2 Å². The molecule has 1 spiro atoms. The van der Waals surface area contributed by atoms with Crippen LogP contribution in [0.1, 0.15) is 31.4 Å². The molecular weight excluding hydrogens is 274 g/mol. The SMILES string of the molecule is C=CN=C(/C=C/C)N1CCC2(CC1)Oc1ccccc1[C@H]2N. The zero-order valence-electron chi connectivity index (χ0n) is 13.0. The average Bonchev–Trinajstić information content (AvgIpc) is 2.81. The van der Waals surface area contributed by atoms with E-state index in [9.17, 15) is 0 Å². The standard InChI is InChI=1S/C18H23N3O/c1-3-7-16(20-4-2)21-12-10-18(11-13-21)17(19)14-8-5-6-9-15(14)22-18/h3-9,17H,2,10-13,19H2,1H3/b7-3+,20-16?/t17-/m1/s1. The molecule has 0 bridgehead atoms. The number of hydrogen-bond acceptors (Lipinski definition) is 3. The van der Waals surface area contributed by atoms with Gasteiger partial charge in [0.25, 0.3) is 0 Å². The molecule has 22 heavy (non-hydrogen) atoms. The number of piperidine rings is 1. The molecule has 0 aliphatic carbocycles. The predicted octanol–water partition coefficient (Wildman–Crippen LogP) is 3.03. The molecule has 0 radical (unpaired) electrons. The molecule has 2 aliphatic rings. The van der Waals surface area contributed by atoms with Crippen LogP contribution in [0.3, 0.4) is 0 Å². The van der Waals surface area contributed by atoms with Crippen LogP contribution in [0, 0.1) is 0 Å². The Morgan fingerprint density at radius 3 is 2.77 bits per heavy atom. The fraction of sp³-hybridized carbons (Fsp3) is 0.389. The molecule has 1 atom stereocenters. The summed E-state index contributed by atoms with van der Waals surface area (Å²) in [5.41, 5.74) is 7.35. The van der Waals surface area contributed by atoms with E-state index in [1.807, 2.05) is 37.3 Å². The normalized spacial score (nSPS) is 23.6. The maximum Gasteiger partial charge on any atom is 0.132 e. The number of nitrogens with two attached hydrogens (primary N) is 1. The molecule has 2 aliphatic heterocycles. The van der Waals surface area contributed by atoms with E-state index < -0.39 is 0 Å². The summed E-state index contributed by atoms with van der Waals surface area (Å²) in [4.78, 5) is 6.63. The van der Waals surface area contributed by atoms with Crippen LogP contribution in [-0.4, -0.2) is 29.4 Å². The number of rotatable bonds is 2. The molecule has 4 heteroatoms. The Balaban J connectivity index is 1.75. The number of hydrogen-bond donors (Lipinski definition) is 1. The number of fused-ring (bicyclic) bond motifs is 1. The highest BCUT2D eigenvalue weighted by Crippen LogP contribution is 2.46. The van der Waals surface area contributed by atoms with Crippen LogP contribution in [0.4, 0.5) is 0 Å². The van der Waals surface area contributed by atoms with Crippen molar-refractivity contribution in [1.82, 2.24) is 4.90 Å². The minimum atomic E-state index is -0.268. The van der Waals surface area contributed by atoms with Crippen molar-refractivity contribution in [3.63, 3.8) is 0 Å². The molecule has 0 unspecified atom stereocenters. The van der Waals surface area contributed by atoms with Crippen molar-refractivity contribution in [1.29, 1.82) is 0 Å². The number of aliphatic imine (C=N–C) groups is 1. The van der Waals surface area contributed by atoms with E-state index in [1.54, 1.807) is 6.20 Å². The summed E-state index contributed by atoms with van der Waals surface area (Å²) >= 11 is 0. The Kier molecular flexibility index (Phi) is 4.03. The Morgan fingerprint density at radius 1 is 1.41 bits per heavy atom. The summed E-state index contributed by atoms with van der Waals surface area (Å²) in [6.45, 7) is 7.47. The zero-order chi connectivity index (χ0) is 15.6. The van der Waals surface area contributed by atoms with Crippen LogP contribution in [0.2, 0.25) is 0 Å². The van der Waals surface area contributed by atoms with Gasteiger partial charge in [-0.25, -0.2) is 4.99 Å². The molecule has 116 valence electrons. The molecule has 2 N–H and O–H groups in total. The highest BCUT2D eigenvalue weighted by atomic mass is 16.5. The molecule has 1 aromatic rings. The number of benzene rings is 1. The van der Waals surface area contributed by atoms with E-state index in [0.717, 1.165) is 43.1 Å². The van der Waals surface area contributed by atoms with Gasteiger partial charge in [-0.05, 0) is 19.1 Å². The Hall–Kier alpha value is -2.07. The smallest absolute Gasteiger partial charge is 0.132 e. The lowest BCUT2D eigenvalue weighted by molar-refractivity contribution is 0.0171. The summed E-state index contributed by atoms with van der Waals surface area (Å²) in [7, 11) is 0. The number of para-hydroxylation sites is 1. The second kappa shape index (κ2) is 5.97. The third kappa shape index (κ3) is 2.44. The lowest BCUT2D eigenvalue weighted by Crippen LogP contribution is -2.52. The monoisotopic (exact) mass is 297 g/mol. The Bertz CT molecular complexity index is 613. The molecule has 3 rings (SSSR count). The molecule has 0 saturated carbocycles. The van der Waals surface area contributed by atoms with E-state index in [2.05, 4.69) is 22.5 Å². The number of allylic oxidation sites excluding steroid dienone is 1. The van der Waals surface area contributed by atoms with E-state index in [0.29, 0.717) is 0 Å². The second-order valence-corrected chi connectivity index (χ2v) is 5.84. The largest absolute Gasteiger partial charge is 0.485 e. The summed E-state index contributed by atoms with van der Waals surface area (Å²) < 4.78 is 6.27. The van der Waals surface area contributed by atoms with Crippen molar-refractivity contribution in [3.8, 4) is 5.75 Å². The first-order valence-electron chi connectivity index (χ1n) is 7.80. The molecule has 1 fully saturated rings. The van der Waals surface area contributed by atoms with Gasteiger partial charge in [0.05, 0.1) is 6.04 Å². The topological polar surface area (TPSA) is 50.8 Å². The van der Waals surface area contributed by atoms with Crippen molar-refractivity contribution in [3.05, 3.63) is 54.8 Å². The van der Waals surface area contributed by atoms with Gasteiger partial charge < -0.3 is 15.4 Å². The minimum Gasteiger partial charge on any atom is -0.485 e. The fourth-order valence-corrected chi connectivity index (χ4v) is 3.40. The summed E-state index contributed by atoms with van der Waals surface area (Å²) in [5, 5.41) is 0. The lowest BCUT2D eigenvalue weighted by atomic mass is 9.83. The van der Waals surface area contributed by atoms with Crippen molar-refractivity contribution < 1.29 is 4.74 Å². The molecule has 0 amide bonds. The van der Waals surface area contributed by atoms with Gasteiger partial charge in [-0.2, -0.15) is 0 Å². The van der Waals surface area contributed by atoms with E-state index in [4.69, 9.17) is 10.5 Å². The fourth-order valence-electron chi connectivity index (χ4n) is 3.40. The van der Waals surface area contributed by atoms with E-state index >= 15 is 0 Å². The minimum absolute atomic E-state index is 0.0487. The van der Waals surface area contributed by atoms with Crippen molar-refractivity contribution >= 4 is 5.84 Å². The second-order valence-electron chi connectivity index (χ2n) is 5.84. The summed E-state index contributed by atoms with van der Waals surface area (Å²) in [6, 6.07) is 8.07. The number of likely N-dealkylation sites (tertiary alicyclic amines) is 1. The number of amidine groups is 1. The first-order valence-corrected chi connectivity index (χ1v) is 7.80. The van der Waals surface area contributed by atoms with Gasteiger partial charge in [0.15, 0.2) is 0 Å². The van der Waals surface area contributed by atoms with Crippen molar-refractivity contribution in [2.75, 3.05) is 13.1 Å². The van der Waals surface area contributed by atoms with E-state index in [-0.39, 0.29) is 11.6 Å². The third-order valence-electron chi connectivity index (χ3n) is 4.61. The maximum atomic E-state index is 6.49. The molecule has 0 aromatic heterocycles. The van der Waals surface area contributed by atoms with Gasteiger partial charge in [0.2, 0.25) is 0 Å². The van der Waals surface area contributed by atoms with Gasteiger partial charge in [-0.3, -0.25) is 0 Å². The van der Waals surface area contributed by atoms with Crippen LogP contribution in [0.25, 0.3) is 0 Å². The van der Waals surface area contributed by atoms with Gasteiger partial charge in [-0.1, -0.05) is 30.9 Å². The van der Waals surface area contributed by atoms with Gasteiger partial charge in [0, 0.05) is 37.7 Å². The first kappa shape index (κ1) is 14.9. The Morgan fingerprint density at radius 2 is 2.14 bits per heavy atom. The number of ether oxygens (including phenoxy) is 1.